The van der Waals surface area contributed by atoms with E-state index in [4.69, 9.17) is 4.74 Å². The molecule has 1 aliphatic rings. The molecule has 0 unspecified atom stereocenters. The Kier molecular flexibility index (Phi) is 5.97. The summed E-state index contributed by atoms with van der Waals surface area (Å²) in [6.45, 7) is 0. The summed E-state index contributed by atoms with van der Waals surface area (Å²) in [7, 11) is 0. The monoisotopic (exact) mass is 592 g/mol. The van der Waals surface area contributed by atoms with Crippen molar-refractivity contribution < 1.29 is 4.74 Å². The van der Waals surface area contributed by atoms with Crippen molar-refractivity contribution in [2.45, 2.75) is 5.41 Å². The van der Waals surface area contributed by atoms with Gasteiger partial charge in [-0.05, 0) is 51.6 Å². The fourth-order valence-electron chi connectivity index (χ4n) is 7.21. The van der Waals surface area contributed by atoms with E-state index in [-0.39, 0.29) is 0 Å². The molecule has 1 aliphatic heterocycles. The lowest BCUT2D eigenvalue weighted by molar-refractivity contribution is 0.435. The number of rotatable bonds is 4. The van der Waals surface area contributed by atoms with Crippen LogP contribution >= 0.6 is 11.3 Å². The van der Waals surface area contributed by atoms with Crippen molar-refractivity contribution in [3.05, 3.63) is 192 Å². The molecule has 8 aromatic rings. The molecule has 212 valence electrons. The maximum atomic E-state index is 6.71. The molecule has 1 nitrogen and oxygen atoms in total. The van der Waals surface area contributed by atoms with Crippen molar-refractivity contribution in [2.75, 3.05) is 0 Å². The Labute approximate surface area is 266 Å². The van der Waals surface area contributed by atoms with Crippen LogP contribution in [0.3, 0.4) is 0 Å². The fourth-order valence-corrected chi connectivity index (χ4v) is 8.45. The van der Waals surface area contributed by atoms with Gasteiger partial charge in [-0.3, -0.25) is 0 Å². The molecule has 45 heavy (non-hydrogen) atoms. The molecule has 0 saturated heterocycles. The van der Waals surface area contributed by atoms with Crippen LogP contribution < -0.4 is 4.74 Å². The SMILES string of the molecule is c1ccc(C2(c3ccccc3)c3ccccc3Oc3cc(-c4ccc(-c5cccc6c5sc5ccccc56)cc4)ccc32)cc1. The summed E-state index contributed by atoms with van der Waals surface area (Å²) in [4.78, 5) is 0. The van der Waals surface area contributed by atoms with E-state index in [0.29, 0.717) is 0 Å². The van der Waals surface area contributed by atoms with Gasteiger partial charge in [-0.2, -0.15) is 0 Å². The second kappa shape index (κ2) is 10.3. The Bertz CT molecular complexity index is 2290. The summed E-state index contributed by atoms with van der Waals surface area (Å²) in [6.07, 6.45) is 0. The molecule has 0 saturated carbocycles. The van der Waals surface area contributed by atoms with E-state index >= 15 is 0 Å². The van der Waals surface area contributed by atoms with E-state index in [1.807, 2.05) is 11.3 Å². The Morgan fingerprint density at radius 3 is 1.80 bits per heavy atom. The van der Waals surface area contributed by atoms with Crippen molar-refractivity contribution >= 4 is 31.5 Å². The molecular formula is C43H28OS. The lowest BCUT2D eigenvalue weighted by Crippen LogP contribution is -2.34. The van der Waals surface area contributed by atoms with E-state index in [1.165, 1.54) is 42.4 Å². The van der Waals surface area contributed by atoms with Gasteiger partial charge in [0.25, 0.3) is 0 Å². The third-order valence-corrected chi connectivity index (χ3v) is 10.5. The van der Waals surface area contributed by atoms with Gasteiger partial charge in [0, 0.05) is 31.3 Å². The summed E-state index contributed by atoms with van der Waals surface area (Å²) >= 11 is 1.87. The number of benzene rings is 7. The van der Waals surface area contributed by atoms with Crippen LogP contribution in [-0.4, -0.2) is 0 Å². The van der Waals surface area contributed by atoms with Crippen molar-refractivity contribution in [3.8, 4) is 33.8 Å². The second-order valence-corrected chi connectivity index (χ2v) is 12.7. The normalized spacial score (nSPS) is 13.2. The molecule has 2 heteroatoms. The number of hydrogen-bond donors (Lipinski definition) is 0. The van der Waals surface area contributed by atoms with Crippen LogP contribution in [-0.2, 0) is 5.41 Å². The predicted octanol–water partition coefficient (Wildman–Crippen LogP) is 11.9. The van der Waals surface area contributed by atoms with Gasteiger partial charge in [0.05, 0.1) is 5.41 Å². The van der Waals surface area contributed by atoms with E-state index in [0.717, 1.165) is 33.8 Å². The van der Waals surface area contributed by atoms with Crippen LogP contribution in [0.5, 0.6) is 11.5 Å². The standard InChI is InChI=1S/C43H28OS/c1-3-12-32(13-4-1)43(33-14-5-2-6-15-33)37-19-8-9-20-39(37)44-40-28-31(26-27-38(40)43)29-22-24-30(25-23-29)34-17-11-18-36-35-16-7-10-21-41(35)45-42(34)36/h1-28H. The molecule has 0 atom stereocenters. The molecule has 0 fully saturated rings. The van der Waals surface area contributed by atoms with Crippen LogP contribution in [0.1, 0.15) is 22.3 Å². The van der Waals surface area contributed by atoms with Gasteiger partial charge in [-0.1, -0.05) is 152 Å². The summed E-state index contributed by atoms with van der Waals surface area (Å²) in [5.41, 5.74) is 9.05. The minimum absolute atomic E-state index is 0.502. The lowest BCUT2D eigenvalue weighted by Gasteiger charge is -2.41. The van der Waals surface area contributed by atoms with E-state index in [2.05, 4.69) is 170 Å². The highest BCUT2D eigenvalue weighted by atomic mass is 32.1. The van der Waals surface area contributed by atoms with Gasteiger partial charge in [-0.15, -0.1) is 11.3 Å². The van der Waals surface area contributed by atoms with Crippen molar-refractivity contribution in [3.63, 3.8) is 0 Å². The third-order valence-electron chi connectivity index (χ3n) is 9.24. The number of para-hydroxylation sites is 1. The summed E-state index contributed by atoms with van der Waals surface area (Å²) in [5.74, 6) is 1.78. The molecule has 0 amide bonds. The summed E-state index contributed by atoms with van der Waals surface area (Å²) in [6, 6.07) is 61.2. The highest BCUT2D eigenvalue weighted by Crippen LogP contribution is 2.55. The van der Waals surface area contributed by atoms with Crippen LogP contribution in [0.4, 0.5) is 0 Å². The zero-order valence-corrected chi connectivity index (χ0v) is 25.3. The second-order valence-electron chi connectivity index (χ2n) is 11.6. The Morgan fingerprint density at radius 2 is 1.02 bits per heavy atom. The molecule has 1 aromatic heterocycles. The summed E-state index contributed by atoms with van der Waals surface area (Å²) in [5, 5.41) is 2.65. The van der Waals surface area contributed by atoms with Gasteiger partial charge < -0.3 is 4.74 Å². The molecule has 0 bridgehead atoms. The predicted molar refractivity (Wildman–Crippen MR) is 189 cm³/mol. The first-order chi connectivity index (χ1) is 22.3. The van der Waals surface area contributed by atoms with Gasteiger partial charge in [0.15, 0.2) is 0 Å². The summed E-state index contributed by atoms with van der Waals surface area (Å²) < 4.78 is 9.38. The smallest absolute Gasteiger partial charge is 0.132 e. The van der Waals surface area contributed by atoms with Crippen LogP contribution in [0.2, 0.25) is 0 Å². The molecule has 2 heterocycles. The minimum Gasteiger partial charge on any atom is -0.457 e. The van der Waals surface area contributed by atoms with Crippen molar-refractivity contribution in [1.29, 1.82) is 0 Å². The van der Waals surface area contributed by atoms with Gasteiger partial charge >= 0.3 is 0 Å². The Hall–Kier alpha value is -5.44. The number of ether oxygens (including phenoxy) is 1. The number of thiophene rings is 1. The van der Waals surface area contributed by atoms with Gasteiger partial charge in [-0.25, -0.2) is 0 Å². The Morgan fingerprint density at radius 1 is 0.422 bits per heavy atom. The van der Waals surface area contributed by atoms with Crippen LogP contribution in [0, 0.1) is 0 Å². The average Bonchev–Trinajstić information content (AvgIpc) is 3.50. The zero-order valence-electron chi connectivity index (χ0n) is 24.5. The largest absolute Gasteiger partial charge is 0.457 e. The Balaban J connectivity index is 1.18. The highest BCUT2D eigenvalue weighted by Gasteiger charge is 2.45. The molecule has 9 rings (SSSR count). The maximum absolute atomic E-state index is 6.71. The third kappa shape index (κ3) is 4.00. The quantitative estimate of drug-likeness (QED) is 0.197. The van der Waals surface area contributed by atoms with Crippen molar-refractivity contribution in [2.24, 2.45) is 0 Å². The van der Waals surface area contributed by atoms with Crippen molar-refractivity contribution in [1.82, 2.24) is 0 Å². The number of fused-ring (bicyclic) bond motifs is 5. The molecule has 0 N–H and O–H groups in total. The first-order valence-electron chi connectivity index (χ1n) is 15.3. The first-order valence-corrected chi connectivity index (χ1v) is 16.2. The maximum Gasteiger partial charge on any atom is 0.132 e. The first kappa shape index (κ1) is 26.0. The lowest BCUT2D eigenvalue weighted by atomic mass is 9.63. The fraction of sp³-hybridized carbons (Fsp3) is 0.0233. The van der Waals surface area contributed by atoms with E-state index in [1.54, 1.807) is 0 Å². The minimum atomic E-state index is -0.502. The number of hydrogen-bond acceptors (Lipinski definition) is 2. The van der Waals surface area contributed by atoms with Crippen LogP contribution in [0.15, 0.2) is 170 Å². The van der Waals surface area contributed by atoms with Crippen LogP contribution in [0.25, 0.3) is 42.4 Å². The molecule has 0 radical (unpaired) electrons. The van der Waals surface area contributed by atoms with Gasteiger partial charge in [0.2, 0.25) is 0 Å². The van der Waals surface area contributed by atoms with Gasteiger partial charge in [0.1, 0.15) is 11.5 Å². The topological polar surface area (TPSA) is 9.23 Å². The zero-order chi connectivity index (χ0) is 29.8. The van der Waals surface area contributed by atoms with E-state index < -0.39 is 5.41 Å². The highest BCUT2D eigenvalue weighted by molar-refractivity contribution is 7.26. The average molecular weight is 593 g/mol. The van der Waals surface area contributed by atoms with E-state index in [9.17, 15) is 0 Å². The molecule has 0 aliphatic carbocycles. The molecule has 7 aromatic carbocycles. The molecule has 0 spiro atoms. The molecular weight excluding hydrogens is 565 g/mol.